The summed E-state index contributed by atoms with van der Waals surface area (Å²) in [6, 6.07) is 6.37. The van der Waals surface area contributed by atoms with Gasteiger partial charge in [0, 0.05) is 5.02 Å². The fourth-order valence-electron chi connectivity index (χ4n) is 2.20. The lowest BCUT2D eigenvalue weighted by molar-refractivity contribution is -0.141. The number of halogens is 1. The first-order valence-corrected chi connectivity index (χ1v) is 8.50. The van der Waals surface area contributed by atoms with Gasteiger partial charge in [0.1, 0.15) is 6.54 Å². The molecule has 0 radical (unpaired) electrons. The molecule has 23 heavy (non-hydrogen) atoms. The molecule has 0 spiro atoms. The zero-order chi connectivity index (χ0) is 16.8. The van der Waals surface area contributed by atoms with Crippen LogP contribution < -0.4 is 5.32 Å². The minimum atomic E-state index is -0.603. The van der Waals surface area contributed by atoms with Crippen LogP contribution in [0.1, 0.15) is 18.0 Å². The summed E-state index contributed by atoms with van der Waals surface area (Å²) in [5, 5.41) is 3.21. The van der Waals surface area contributed by atoms with Crippen LogP contribution in [-0.2, 0) is 19.1 Å². The minimum Gasteiger partial charge on any atom is -0.469 e. The van der Waals surface area contributed by atoms with E-state index in [1.807, 2.05) is 0 Å². The minimum absolute atomic E-state index is 0.0331. The van der Waals surface area contributed by atoms with E-state index in [2.05, 4.69) is 10.1 Å². The number of carbonyl (C=O) groups is 3. The van der Waals surface area contributed by atoms with E-state index in [0.29, 0.717) is 22.2 Å². The smallest absolute Gasteiger partial charge is 0.307 e. The Morgan fingerprint density at radius 3 is 2.78 bits per heavy atom. The standard InChI is InChI=1S/C15H17ClN2O4S/c1-22-15(21)6-12(10-4-2-3-5-11(10)16)17-13(19)7-18-9-23-8-14(18)20/h2-5,12H,6-9H2,1H3,(H,17,19)/t12-/m0/s1. The Morgan fingerprint density at radius 2 is 2.17 bits per heavy atom. The Kier molecular flexibility index (Phi) is 6.29. The lowest BCUT2D eigenvalue weighted by Crippen LogP contribution is -2.40. The van der Waals surface area contributed by atoms with E-state index < -0.39 is 12.0 Å². The van der Waals surface area contributed by atoms with Crippen LogP contribution in [0.25, 0.3) is 0 Å². The summed E-state index contributed by atoms with van der Waals surface area (Å²) in [6.45, 7) is -0.0338. The van der Waals surface area contributed by atoms with Crippen LogP contribution in [0.4, 0.5) is 0 Å². The maximum Gasteiger partial charge on any atom is 0.307 e. The summed E-state index contributed by atoms with van der Waals surface area (Å²) in [5.41, 5.74) is 0.634. The highest BCUT2D eigenvalue weighted by Crippen LogP contribution is 2.25. The quantitative estimate of drug-likeness (QED) is 0.783. The SMILES string of the molecule is COC(=O)C[C@H](NC(=O)CN1CSCC1=O)c1ccccc1Cl. The maximum atomic E-state index is 12.2. The van der Waals surface area contributed by atoms with Gasteiger partial charge in [0.15, 0.2) is 0 Å². The van der Waals surface area contributed by atoms with E-state index >= 15 is 0 Å². The zero-order valence-corrected chi connectivity index (χ0v) is 14.2. The van der Waals surface area contributed by atoms with Crippen LogP contribution in [0.5, 0.6) is 0 Å². The van der Waals surface area contributed by atoms with Gasteiger partial charge < -0.3 is 15.0 Å². The van der Waals surface area contributed by atoms with Crippen LogP contribution in [0.15, 0.2) is 24.3 Å². The average Bonchev–Trinajstić information content (AvgIpc) is 2.92. The van der Waals surface area contributed by atoms with Crippen molar-refractivity contribution in [2.24, 2.45) is 0 Å². The molecule has 1 fully saturated rings. The Balaban J connectivity index is 2.08. The molecule has 0 saturated carbocycles. The largest absolute Gasteiger partial charge is 0.469 e. The van der Waals surface area contributed by atoms with Gasteiger partial charge in [0.05, 0.1) is 31.2 Å². The second-order valence-corrected chi connectivity index (χ2v) is 6.35. The molecule has 2 amide bonds. The lowest BCUT2D eigenvalue weighted by atomic mass is 10.0. The molecule has 0 aromatic heterocycles. The first-order chi connectivity index (χ1) is 11.0. The molecule has 0 aliphatic carbocycles. The number of nitrogens with one attached hydrogen (secondary N) is 1. The molecular formula is C15H17ClN2O4S. The molecule has 124 valence electrons. The van der Waals surface area contributed by atoms with Crippen LogP contribution >= 0.6 is 23.4 Å². The molecule has 2 rings (SSSR count). The molecule has 1 saturated heterocycles. The highest BCUT2D eigenvalue weighted by atomic mass is 35.5. The van der Waals surface area contributed by atoms with Gasteiger partial charge >= 0.3 is 5.97 Å². The molecule has 6 nitrogen and oxygen atoms in total. The molecule has 1 aliphatic heterocycles. The average molecular weight is 357 g/mol. The van der Waals surface area contributed by atoms with Gasteiger partial charge in [0.25, 0.3) is 0 Å². The number of nitrogens with zero attached hydrogens (tertiary/aromatic N) is 1. The molecule has 1 heterocycles. The van der Waals surface area contributed by atoms with Crippen LogP contribution in [0.2, 0.25) is 5.02 Å². The van der Waals surface area contributed by atoms with Gasteiger partial charge in [0.2, 0.25) is 11.8 Å². The van der Waals surface area contributed by atoms with E-state index in [0.717, 1.165) is 0 Å². The van der Waals surface area contributed by atoms with Crippen LogP contribution in [-0.4, -0.2) is 48.0 Å². The fourth-order valence-corrected chi connectivity index (χ4v) is 3.37. The number of thioether (sulfide) groups is 1. The summed E-state index contributed by atoms with van der Waals surface area (Å²) in [4.78, 5) is 36.8. The van der Waals surface area contributed by atoms with Crippen molar-refractivity contribution in [2.75, 3.05) is 25.3 Å². The number of amides is 2. The van der Waals surface area contributed by atoms with Gasteiger partial charge in [-0.2, -0.15) is 0 Å². The summed E-state index contributed by atoms with van der Waals surface area (Å²) in [7, 11) is 1.29. The van der Waals surface area contributed by atoms with Gasteiger partial charge in [-0.25, -0.2) is 0 Å². The van der Waals surface area contributed by atoms with Crippen molar-refractivity contribution in [2.45, 2.75) is 12.5 Å². The van der Waals surface area contributed by atoms with E-state index in [1.165, 1.54) is 23.8 Å². The van der Waals surface area contributed by atoms with E-state index in [4.69, 9.17) is 11.6 Å². The molecule has 1 aliphatic rings. The first kappa shape index (κ1) is 17.6. The third-order valence-corrected chi connectivity index (χ3v) is 4.66. The molecule has 0 unspecified atom stereocenters. The normalized spacial score (nSPS) is 15.4. The molecule has 0 bridgehead atoms. The van der Waals surface area contributed by atoms with Crippen molar-refractivity contribution in [3.8, 4) is 0 Å². The Bertz CT molecular complexity index is 611. The monoisotopic (exact) mass is 356 g/mol. The number of rotatable bonds is 6. The summed E-state index contributed by atoms with van der Waals surface area (Å²) in [5.74, 6) is 0.0359. The number of hydrogen-bond acceptors (Lipinski definition) is 5. The van der Waals surface area contributed by atoms with Crippen molar-refractivity contribution >= 4 is 41.1 Å². The van der Waals surface area contributed by atoms with Gasteiger partial charge in [-0.3, -0.25) is 14.4 Å². The molecule has 1 N–H and O–H groups in total. The van der Waals surface area contributed by atoms with Crippen molar-refractivity contribution in [3.05, 3.63) is 34.9 Å². The Labute approximate surface area is 143 Å². The maximum absolute atomic E-state index is 12.2. The van der Waals surface area contributed by atoms with E-state index in [9.17, 15) is 14.4 Å². The number of ether oxygens (including phenoxy) is 1. The zero-order valence-electron chi connectivity index (χ0n) is 12.6. The number of benzene rings is 1. The Morgan fingerprint density at radius 1 is 1.43 bits per heavy atom. The lowest BCUT2D eigenvalue weighted by Gasteiger charge is -2.21. The van der Waals surface area contributed by atoms with Crippen molar-refractivity contribution < 1.29 is 19.1 Å². The van der Waals surface area contributed by atoms with Gasteiger partial charge in [-0.05, 0) is 11.6 Å². The first-order valence-electron chi connectivity index (χ1n) is 6.97. The predicted octanol–water partition coefficient (Wildman–Crippen LogP) is 1.59. The second kappa shape index (κ2) is 8.21. The Hall–Kier alpha value is -1.73. The molecule has 8 heteroatoms. The number of carbonyl (C=O) groups excluding carboxylic acids is 3. The summed E-state index contributed by atoms with van der Waals surface area (Å²) >= 11 is 7.62. The number of hydrogen-bond donors (Lipinski definition) is 1. The number of esters is 1. The van der Waals surface area contributed by atoms with Crippen molar-refractivity contribution in [1.82, 2.24) is 10.2 Å². The van der Waals surface area contributed by atoms with E-state index in [1.54, 1.807) is 24.3 Å². The third-order valence-electron chi connectivity index (χ3n) is 3.37. The number of methoxy groups -OCH3 is 1. The molecule has 1 atom stereocenters. The summed E-state index contributed by atoms with van der Waals surface area (Å²) in [6.07, 6.45) is -0.0331. The van der Waals surface area contributed by atoms with Gasteiger partial charge in [-0.15, -0.1) is 11.8 Å². The molecule has 1 aromatic rings. The topological polar surface area (TPSA) is 75.7 Å². The highest BCUT2D eigenvalue weighted by molar-refractivity contribution is 8.00. The highest BCUT2D eigenvalue weighted by Gasteiger charge is 2.26. The predicted molar refractivity (Wildman–Crippen MR) is 88.0 cm³/mol. The van der Waals surface area contributed by atoms with Crippen LogP contribution in [0.3, 0.4) is 0 Å². The summed E-state index contributed by atoms with van der Waals surface area (Å²) < 4.78 is 4.67. The molecule has 1 aromatic carbocycles. The van der Waals surface area contributed by atoms with Crippen LogP contribution in [0, 0.1) is 0 Å². The van der Waals surface area contributed by atoms with Crippen molar-refractivity contribution in [3.63, 3.8) is 0 Å². The van der Waals surface area contributed by atoms with Gasteiger partial charge in [-0.1, -0.05) is 29.8 Å². The fraction of sp³-hybridized carbons (Fsp3) is 0.400. The molecular weight excluding hydrogens is 340 g/mol. The van der Waals surface area contributed by atoms with E-state index in [-0.39, 0.29) is 24.8 Å². The second-order valence-electron chi connectivity index (χ2n) is 4.99. The van der Waals surface area contributed by atoms with Crippen molar-refractivity contribution in [1.29, 1.82) is 0 Å². The third kappa shape index (κ3) is 4.87.